The molecule has 3 fully saturated rings. The van der Waals surface area contributed by atoms with Gasteiger partial charge in [0.1, 0.15) is 0 Å². The SMILES string of the molecule is CC[C@@]12C(=O)N3[C@@H](c4ccc5c(c4)OCO5)[C@@](C)(C#N)C[C@@]3(C(=O)N1C)S2=S=S. The Morgan fingerprint density at radius 3 is 2.72 bits per heavy atom. The summed E-state index contributed by atoms with van der Waals surface area (Å²) in [6.07, 6.45) is 0.773. The van der Waals surface area contributed by atoms with E-state index in [-0.39, 0.29) is 25.0 Å². The number of nitrogens with zero attached hydrogens (tertiary/aromatic N) is 3. The van der Waals surface area contributed by atoms with Gasteiger partial charge in [0.15, 0.2) is 21.2 Å². The fraction of sp³-hybridized carbons (Fsp3) is 0.526. The van der Waals surface area contributed by atoms with Gasteiger partial charge in [-0.25, -0.2) is 0 Å². The smallest absolute Gasteiger partial charge is 0.261 e. The van der Waals surface area contributed by atoms with Crippen LogP contribution in [0.5, 0.6) is 11.5 Å². The van der Waals surface area contributed by atoms with Crippen molar-refractivity contribution >= 4 is 41.3 Å². The van der Waals surface area contributed by atoms with Crippen LogP contribution in [0.1, 0.15) is 38.3 Å². The molecule has 1 aromatic carbocycles. The predicted molar refractivity (Wildman–Crippen MR) is 111 cm³/mol. The van der Waals surface area contributed by atoms with Crippen molar-refractivity contribution in [3.63, 3.8) is 0 Å². The van der Waals surface area contributed by atoms with Crippen molar-refractivity contribution in [3.8, 4) is 17.6 Å². The zero-order valence-corrected chi connectivity index (χ0v) is 18.6. The first-order chi connectivity index (χ1) is 13.8. The van der Waals surface area contributed by atoms with Crippen LogP contribution in [0.15, 0.2) is 18.2 Å². The van der Waals surface area contributed by atoms with Crippen molar-refractivity contribution in [2.24, 2.45) is 5.41 Å². The molecular formula is C19H19N3O4S3. The summed E-state index contributed by atoms with van der Waals surface area (Å²) in [5.41, 5.74) is -0.156. The van der Waals surface area contributed by atoms with Crippen LogP contribution in [-0.4, -0.2) is 45.2 Å². The van der Waals surface area contributed by atoms with Crippen LogP contribution >= 0.6 is 0 Å². The van der Waals surface area contributed by atoms with Gasteiger partial charge in [0, 0.05) is 13.5 Å². The van der Waals surface area contributed by atoms with Gasteiger partial charge in [-0.05, 0) is 60.6 Å². The molecule has 7 nitrogen and oxygen atoms in total. The van der Waals surface area contributed by atoms with Gasteiger partial charge in [0.2, 0.25) is 6.79 Å². The van der Waals surface area contributed by atoms with Crippen molar-refractivity contribution in [3.05, 3.63) is 23.8 Å². The summed E-state index contributed by atoms with van der Waals surface area (Å²) in [5.74, 6) is 1.01. The average molecular weight is 450 g/mol. The molecule has 4 aliphatic rings. The highest BCUT2D eigenvalue weighted by atomic mass is 33.1. The second-order valence-electron chi connectivity index (χ2n) is 8.02. The lowest BCUT2D eigenvalue weighted by atomic mass is 9.79. The summed E-state index contributed by atoms with van der Waals surface area (Å²) in [7, 11) is 2.11. The molecule has 0 saturated carbocycles. The zero-order valence-electron chi connectivity index (χ0n) is 16.1. The third kappa shape index (κ3) is 1.90. The number of ether oxygens (including phenoxy) is 2. The summed E-state index contributed by atoms with van der Waals surface area (Å²) in [4.78, 5) is 28.7. The molecule has 4 aliphatic heterocycles. The fourth-order valence-corrected chi connectivity index (χ4v) is 12.4. The van der Waals surface area contributed by atoms with Crippen molar-refractivity contribution in [2.75, 3.05) is 13.8 Å². The number of carbonyl (C=O) groups excluding carboxylic acids is 2. The number of rotatable bonds is 2. The van der Waals surface area contributed by atoms with E-state index in [0.29, 0.717) is 17.9 Å². The number of amides is 2. The Labute approximate surface area is 178 Å². The zero-order chi connectivity index (χ0) is 20.8. The Bertz CT molecular complexity index is 1100. The van der Waals surface area contributed by atoms with Gasteiger partial charge in [-0.15, -0.1) is 0 Å². The van der Waals surface area contributed by atoms with E-state index >= 15 is 0 Å². The molecule has 1 unspecified atom stereocenters. The third-order valence-electron chi connectivity index (χ3n) is 6.72. The van der Waals surface area contributed by atoms with Crippen molar-refractivity contribution in [2.45, 2.75) is 42.5 Å². The Morgan fingerprint density at radius 2 is 2.07 bits per heavy atom. The molecular weight excluding hydrogens is 430 g/mol. The van der Waals surface area contributed by atoms with Crippen molar-refractivity contribution in [1.29, 1.82) is 5.26 Å². The van der Waals surface area contributed by atoms with Gasteiger partial charge in [-0.1, -0.05) is 13.0 Å². The van der Waals surface area contributed by atoms with E-state index in [1.807, 2.05) is 26.0 Å². The van der Waals surface area contributed by atoms with Gasteiger partial charge >= 0.3 is 0 Å². The van der Waals surface area contributed by atoms with Crippen LogP contribution in [0.3, 0.4) is 0 Å². The van der Waals surface area contributed by atoms with Crippen molar-refractivity contribution < 1.29 is 19.1 Å². The monoisotopic (exact) mass is 449 g/mol. The minimum absolute atomic E-state index is 0.107. The lowest BCUT2D eigenvalue weighted by molar-refractivity contribution is -0.160. The Balaban J connectivity index is 1.77. The molecule has 5 atom stereocenters. The van der Waals surface area contributed by atoms with Gasteiger partial charge in [0.25, 0.3) is 11.8 Å². The predicted octanol–water partition coefficient (Wildman–Crippen LogP) is 1.58. The quantitative estimate of drug-likeness (QED) is 0.682. The standard InChI is InChI=1S/C19H19N3O4S3/c1-4-18-16(24)22-14(11-5-6-12-13(7-11)26-10-25-12)17(2,9-20)8-19(22,29(18)28-27)15(23)21(18)3/h5-7,14H,4,8,10H2,1-3H3/t14-,17+,18+,19-,29?/m0/s1. The molecule has 5 rings (SSSR count). The Hall–Kier alpha value is -1.96. The number of carbonyl (C=O) groups is 2. The number of likely N-dealkylation sites (N-methyl/N-ethyl adjacent to an activating group) is 1. The summed E-state index contributed by atoms with van der Waals surface area (Å²) < 4.78 is 10.9. The van der Waals surface area contributed by atoms with Gasteiger partial charge in [0.05, 0.1) is 17.5 Å². The molecule has 0 aliphatic carbocycles. The first-order valence-corrected chi connectivity index (χ1v) is 12.8. The van der Waals surface area contributed by atoms with Crippen LogP contribution < -0.4 is 9.47 Å². The van der Waals surface area contributed by atoms with Crippen LogP contribution in [0.2, 0.25) is 0 Å². The molecule has 1 spiro atoms. The summed E-state index contributed by atoms with van der Waals surface area (Å²) in [5, 5.41) is 10.1. The second-order valence-corrected chi connectivity index (χ2v) is 12.7. The van der Waals surface area contributed by atoms with Crippen molar-refractivity contribution in [1.82, 2.24) is 9.80 Å². The number of nitriles is 1. The van der Waals surface area contributed by atoms with E-state index in [1.54, 1.807) is 22.9 Å². The van der Waals surface area contributed by atoms with Crippen LogP contribution in [0.4, 0.5) is 0 Å². The molecule has 152 valence electrons. The summed E-state index contributed by atoms with van der Waals surface area (Å²) >= 11 is 5.41. The highest BCUT2D eigenvalue weighted by Crippen LogP contribution is 2.66. The van der Waals surface area contributed by atoms with Gasteiger partial charge < -0.3 is 19.3 Å². The molecule has 10 heteroatoms. The number of fused-ring (bicyclic) bond motifs is 2. The molecule has 0 radical (unpaired) electrons. The van der Waals surface area contributed by atoms with Crippen LogP contribution in [-0.2, 0) is 39.1 Å². The highest BCUT2D eigenvalue weighted by Gasteiger charge is 2.81. The third-order valence-corrected chi connectivity index (χ3v) is 12.6. The first-order valence-electron chi connectivity index (χ1n) is 9.29. The molecule has 29 heavy (non-hydrogen) atoms. The lowest BCUT2D eigenvalue weighted by Gasteiger charge is -2.40. The van der Waals surface area contributed by atoms with Gasteiger partial charge in [-0.2, -0.15) is 5.26 Å². The molecule has 3 saturated heterocycles. The maximum atomic E-state index is 13.9. The second kappa shape index (κ2) is 5.80. The minimum atomic E-state index is -1.07. The highest BCUT2D eigenvalue weighted by molar-refractivity contribution is 8.49. The number of piperazine rings is 1. The summed E-state index contributed by atoms with van der Waals surface area (Å²) in [6, 6.07) is 7.34. The topological polar surface area (TPSA) is 82.9 Å². The van der Waals surface area contributed by atoms with E-state index in [4.69, 9.17) is 20.7 Å². The van der Waals surface area contributed by atoms with E-state index in [1.165, 1.54) is 8.88 Å². The minimum Gasteiger partial charge on any atom is -0.454 e. The molecule has 2 amide bonds. The molecule has 2 bridgehead atoms. The average Bonchev–Trinajstić information content (AvgIpc) is 3.39. The largest absolute Gasteiger partial charge is 0.454 e. The lowest BCUT2D eigenvalue weighted by Crippen LogP contribution is -2.61. The number of hydrogen-bond acceptors (Lipinski definition) is 6. The summed E-state index contributed by atoms with van der Waals surface area (Å²) in [6.45, 7) is 3.90. The first kappa shape index (κ1) is 19.0. The maximum absolute atomic E-state index is 13.9. The number of benzene rings is 1. The fourth-order valence-electron chi connectivity index (χ4n) is 5.44. The Kier molecular flexibility index (Phi) is 3.81. The molecule has 4 heterocycles. The van der Waals surface area contributed by atoms with E-state index in [9.17, 15) is 14.9 Å². The normalized spacial score (nSPS) is 39.1. The van der Waals surface area contributed by atoms with E-state index < -0.39 is 30.7 Å². The molecule has 1 aromatic rings. The van der Waals surface area contributed by atoms with Gasteiger partial charge in [-0.3, -0.25) is 9.59 Å². The van der Waals surface area contributed by atoms with E-state index in [2.05, 4.69) is 6.07 Å². The van der Waals surface area contributed by atoms with Crippen LogP contribution in [0.25, 0.3) is 0 Å². The molecule has 0 aromatic heterocycles. The van der Waals surface area contributed by atoms with E-state index in [0.717, 1.165) is 5.56 Å². The van der Waals surface area contributed by atoms with Crippen LogP contribution in [0, 0.1) is 16.7 Å². The molecule has 0 N–H and O–H groups in total. The maximum Gasteiger partial charge on any atom is 0.261 e. The number of hydrogen-bond donors (Lipinski definition) is 0. The Morgan fingerprint density at radius 1 is 1.34 bits per heavy atom.